The van der Waals surface area contributed by atoms with E-state index in [-0.39, 0.29) is 24.3 Å². The van der Waals surface area contributed by atoms with Crippen LogP contribution in [0.4, 0.5) is 0 Å². The zero-order valence-electron chi connectivity index (χ0n) is 24.9. The number of benzene rings is 3. The summed E-state index contributed by atoms with van der Waals surface area (Å²) >= 11 is 0. The molecular weight excluding hydrogens is 550 g/mol. The third-order valence-corrected chi connectivity index (χ3v) is 8.21. The van der Waals surface area contributed by atoms with E-state index < -0.39 is 11.8 Å². The van der Waals surface area contributed by atoms with Gasteiger partial charge in [0.15, 0.2) is 0 Å². The Morgan fingerprint density at radius 3 is 2.05 bits per heavy atom. The summed E-state index contributed by atoms with van der Waals surface area (Å²) in [6.07, 6.45) is 0.675. The Balaban J connectivity index is 1.41. The van der Waals surface area contributed by atoms with Crippen LogP contribution in [0.3, 0.4) is 0 Å². The summed E-state index contributed by atoms with van der Waals surface area (Å²) in [5.41, 5.74) is 0.703. The fourth-order valence-corrected chi connectivity index (χ4v) is 5.90. The molecule has 2 saturated heterocycles. The smallest absolute Gasteiger partial charge is 0.261 e. The molecule has 0 saturated carbocycles. The van der Waals surface area contributed by atoms with Gasteiger partial charge in [-0.1, -0.05) is 36.4 Å². The Morgan fingerprint density at radius 2 is 1.47 bits per heavy atom. The van der Waals surface area contributed by atoms with E-state index in [2.05, 4.69) is 0 Å². The van der Waals surface area contributed by atoms with Crippen molar-refractivity contribution in [2.45, 2.75) is 31.2 Å². The number of rotatable bonds is 8. The number of amides is 3. The van der Waals surface area contributed by atoms with E-state index in [9.17, 15) is 14.4 Å². The van der Waals surface area contributed by atoms with Crippen molar-refractivity contribution in [1.29, 1.82) is 0 Å². The minimum Gasteiger partial charge on any atom is -0.497 e. The molecule has 0 aliphatic carbocycles. The van der Waals surface area contributed by atoms with E-state index in [0.717, 1.165) is 5.56 Å². The maximum atomic E-state index is 14.1. The topological polar surface area (TPSA) is 97.9 Å². The highest BCUT2D eigenvalue weighted by Crippen LogP contribution is 2.40. The van der Waals surface area contributed by atoms with Crippen molar-refractivity contribution in [2.24, 2.45) is 0 Å². The minimum atomic E-state index is -1.05. The van der Waals surface area contributed by atoms with Crippen molar-refractivity contribution in [3.63, 3.8) is 0 Å². The first kappa shape index (κ1) is 29.9. The zero-order valence-corrected chi connectivity index (χ0v) is 24.9. The Kier molecular flexibility index (Phi) is 8.86. The fraction of sp³-hybridized carbons (Fsp3) is 0.364. The lowest BCUT2D eigenvalue weighted by Crippen LogP contribution is -2.59. The second kappa shape index (κ2) is 12.7. The first-order valence-electron chi connectivity index (χ1n) is 14.2. The third-order valence-electron chi connectivity index (χ3n) is 8.21. The van der Waals surface area contributed by atoms with Gasteiger partial charge in [-0.2, -0.15) is 0 Å². The lowest BCUT2D eigenvalue weighted by molar-refractivity contribution is -0.137. The number of methoxy groups -OCH3 is 3. The van der Waals surface area contributed by atoms with E-state index in [4.69, 9.17) is 18.9 Å². The van der Waals surface area contributed by atoms with Crippen LogP contribution in [0.15, 0.2) is 72.8 Å². The highest BCUT2D eigenvalue weighted by atomic mass is 16.5. The number of carbonyl (C=O) groups is 3. The Bertz CT molecular complexity index is 1430. The standard InChI is InChI=1S/C33H37N3O7/c1-34(21-23-9-6-5-7-10-23)31(38)26-22-43-33(36(26)30(37)24-13-15-25(40-2)16-14-24)17-19-35(20-18-33)32(39)29-27(41-3)11-8-12-28(29)42-4/h5-16,26H,17-22H2,1-4H3. The van der Waals surface area contributed by atoms with Crippen molar-refractivity contribution < 1.29 is 33.3 Å². The number of nitrogens with zero attached hydrogens (tertiary/aromatic N) is 3. The van der Waals surface area contributed by atoms with E-state index in [0.29, 0.717) is 60.9 Å². The molecule has 0 bridgehead atoms. The first-order chi connectivity index (χ1) is 20.8. The first-order valence-corrected chi connectivity index (χ1v) is 14.2. The van der Waals surface area contributed by atoms with Gasteiger partial charge in [-0.3, -0.25) is 19.3 Å². The van der Waals surface area contributed by atoms with Crippen molar-refractivity contribution >= 4 is 17.7 Å². The van der Waals surface area contributed by atoms with Gasteiger partial charge in [0.05, 0.1) is 27.9 Å². The zero-order chi connectivity index (χ0) is 30.6. The fourth-order valence-electron chi connectivity index (χ4n) is 5.90. The van der Waals surface area contributed by atoms with E-state index in [1.807, 2.05) is 30.3 Å². The number of piperidine rings is 1. The average Bonchev–Trinajstić information content (AvgIpc) is 3.42. The summed E-state index contributed by atoms with van der Waals surface area (Å²) in [6.45, 7) is 1.09. The molecule has 1 unspecified atom stereocenters. The molecule has 10 nitrogen and oxygen atoms in total. The maximum absolute atomic E-state index is 14.1. The van der Waals surface area contributed by atoms with Gasteiger partial charge in [0.25, 0.3) is 11.8 Å². The van der Waals surface area contributed by atoms with Crippen molar-refractivity contribution in [2.75, 3.05) is 48.1 Å². The summed E-state index contributed by atoms with van der Waals surface area (Å²) in [4.78, 5) is 46.6. The normalized spacial score (nSPS) is 17.4. The second-order valence-electron chi connectivity index (χ2n) is 10.7. The van der Waals surface area contributed by atoms with E-state index in [1.54, 1.807) is 71.3 Å². The molecule has 0 radical (unpaired) electrons. The Hall–Kier alpha value is -4.57. The molecule has 1 atom stereocenters. The predicted molar refractivity (Wildman–Crippen MR) is 159 cm³/mol. The molecule has 2 aliphatic rings. The van der Waals surface area contributed by atoms with E-state index >= 15 is 0 Å². The number of ether oxygens (including phenoxy) is 4. The van der Waals surface area contributed by atoms with Gasteiger partial charge in [0, 0.05) is 45.1 Å². The molecule has 0 N–H and O–H groups in total. The van der Waals surface area contributed by atoms with Crippen LogP contribution in [-0.4, -0.2) is 92.3 Å². The highest BCUT2D eigenvalue weighted by Gasteiger charge is 2.54. The van der Waals surface area contributed by atoms with Gasteiger partial charge in [-0.25, -0.2) is 0 Å². The SMILES string of the molecule is COc1ccc(C(=O)N2C(C(=O)N(C)Cc3ccccc3)COC23CCN(C(=O)c2c(OC)cccc2OC)CC3)cc1. The summed E-state index contributed by atoms with van der Waals surface area (Å²) < 4.78 is 22.6. The van der Waals surface area contributed by atoms with Crippen LogP contribution in [0, 0.1) is 0 Å². The molecule has 0 aromatic heterocycles. The van der Waals surface area contributed by atoms with Crippen molar-refractivity contribution in [1.82, 2.24) is 14.7 Å². The molecule has 1 spiro atoms. The molecule has 5 rings (SSSR count). The molecule has 2 fully saturated rings. The molecule has 3 amide bonds. The maximum Gasteiger partial charge on any atom is 0.261 e. The lowest BCUT2D eigenvalue weighted by Gasteiger charge is -2.45. The molecule has 10 heteroatoms. The minimum absolute atomic E-state index is 0.0636. The summed E-state index contributed by atoms with van der Waals surface area (Å²) in [5.74, 6) is 0.719. The molecule has 2 aliphatic heterocycles. The number of likely N-dealkylation sites (tertiary alicyclic amines) is 1. The van der Waals surface area contributed by atoms with Crippen molar-refractivity contribution in [3.05, 3.63) is 89.5 Å². The van der Waals surface area contributed by atoms with Gasteiger partial charge in [0.1, 0.15) is 34.6 Å². The summed E-state index contributed by atoms with van der Waals surface area (Å²) in [6, 6.07) is 20.9. The summed E-state index contributed by atoms with van der Waals surface area (Å²) in [5, 5.41) is 0. The molecular formula is C33H37N3O7. The number of hydrogen-bond acceptors (Lipinski definition) is 7. The highest BCUT2D eigenvalue weighted by molar-refractivity contribution is 6.00. The van der Waals surface area contributed by atoms with Gasteiger partial charge in [-0.05, 0) is 42.0 Å². The second-order valence-corrected chi connectivity index (χ2v) is 10.7. The summed E-state index contributed by atoms with van der Waals surface area (Å²) in [7, 11) is 6.32. The average molecular weight is 588 g/mol. The molecule has 3 aromatic carbocycles. The third kappa shape index (κ3) is 5.87. The van der Waals surface area contributed by atoms with Crippen LogP contribution in [0.25, 0.3) is 0 Å². The van der Waals surface area contributed by atoms with Gasteiger partial charge < -0.3 is 28.7 Å². The number of carbonyl (C=O) groups excluding carboxylic acids is 3. The Labute approximate surface area is 251 Å². The van der Waals surface area contributed by atoms with Crippen LogP contribution in [0.1, 0.15) is 39.1 Å². The molecule has 43 heavy (non-hydrogen) atoms. The number of hydrogen-bond donors (Lipinski definition) is 0. The molecule has 226 valence electrons. The van der Waals surface area contributed by atoms with Gasteiger partial charge in [0.2, 0.25) is 5.91 Å². The molecule has 2 heterocycles. The van der Waals surface area contributed by atoms with Crippen LogP contribution < -0.4 is 14.2 Å². The number of likely N-dealkylation sites (N-methyl/N-ethyl adjacent to an activating group) is 1. The van der Waals surface area contributed by atoms with E-state index in [1.165, 1.54) is 14.2 Å². The molecule has 3 aromatic rings. The largest absolute Gasteiger partial charge is 0.497 e. The van der Waals surface area contributed by atoms with Crippen LogP contribution in [-0.2, 0) is 16.1 Å². The van der Waals surface area contributed by atoms with Gasteiger partial charge >= 0.3 is 0 Å². The lowest BCUT2D eigenvalue weighted by atomic mass is 9.95. The van der Waals surface area contributed by atoms with Crippen LogP contribution >= 0.6 is 0 Å². The van der Waals surface area contributed by atoms with Crippen molar-refractivity contribution in [3.8, 4) is 17.2 Å². The quantitative estimate of drug-likeness (QED) is 0.395. The Morgan fingerprint density at radius 1 is 0.837 bits per heavy atom. The van der Waals surface area contributed by atoms with Crippen LogP contribution in [0.2, 0.25) is 0 Å². The predicted octanol–water partition coefficient (Wildman–Crippen LogP) is 3.84. The monoisotopic (exact) mass is 587 g/mol. The van der Waals surface area contributed by atoms with Gasteiger partial charge in [-0.15, -0.1) is 0 Å². The van der Waals surface area contributed by atoms with Crippen LogP contribution in [0.5, 0.6) is 17.2 Å².